The highest BCUT2D eigenvalue weighted by molar-refractivity contribution is 7.92. The molecule has 0 spiro atoms. The Balaban J connectivity index is 1.91. The van der Waals surface area contributed by atoms with Gasteiger partial charge in [-0.25, -0.2) is 8.42 Å². The van der Waals surface area contributed by atoms with E-state index < -0.39 is 22.0 Å². The van der Waals surface area contributed by atoms with E-state index >= 15 is 0 Å². The number of nitrogens with zero attached hydrogens (tertiary/aromatic N) is 2. The lowest BCUT2D eigenvalue weighted by molar-refractivity contribution is -0.140. The Morgan fingerprint density at radius 3 is 2.26 bits per heavy atom. The van der Waals surface area contributed by atoms with Crippen molar-refractivity contribution in [3.8, 4) is 0 Å². The molecule has 2 aromatic carbocycles. The molecule has 0 unspecified atom stereocenters. The zero-order valence-electron chi connectivity index (χ0n) is 21.2. The molecule has 1 atom stereocenters. The van der Waals surface area contributed by atoms with Crippen LogP contribution in [0.15, 0.2) is 48.5 Å². The van der Waals surface area contributed by atoms with E-state index in [0.717, 1.165) is 52.9 Å². The van der Waals surface area contributed by atoms with Crippen molar-refractivity contribution in [2.45, 2.75) is 71.5 Å². The predicted octanol–water partition coefficient (Wildman–Crippen LogP) is 3.94. The van der Waals surface area contributed by atoms with Crippen LogP contribution in [0, 0.1) is 13.8 Å². The van der Waals surface area contributed by atoms with Gasteiger partial charge in [-0.2, -0.15) is 0 Å². The maximum atomic E-state index is 13.7. The first kappa shape index (κ1) is 26.7. The number of hydrogen-bond acceptors (Lipinski definition) is 4. The van der Waals surface area contributed by atoms with Gasteiger partial charge in [-0.05, 0) is 56.4 Å². The monoisotopic (exact) mass is 499 g/mol. The third kappa shape index (κ3) is 7.31. The van der Waals surface area contributed by atoms with Crippen LogP contribution in [0.3, 0.4) is 0 Å². The number of benzene rings is 2. The van der Waals surface area contributed by atoms with Crippen molar-refractivity contribution in [1.29, 1.82) is 0 Å². The normalized spacial score (nSPS) is 15.0. The van der Waals surface area contributed by atoms with Crippen LogP contribution < -0.4 is 9.62 Å². The van der Waals surface area contributed by atoms with Crippen molar-refractivity contribution >= 4 is 27.5 Å². The van der Waals surface area contributed by atoms with Gasteiger partial charge in [0, 0.05) is 12.6 Å². The third-order valence-electron chi connectivity index (χ3n) is 6.53. The lowest BCUT2D eigenvalue weighted by Crippen LogP contribution is -2.53. The lowest BCUT2D eigenvalue weighted by atomic mass is 10.1. The second-order valence-electron chi connectivity index (χ2n) is 9.53. The Morgan fingerprint density at radius 2 is 1.69 bits per heavy atom. The summed E-state index contributed by atoms with van der Waals surface area (Å²) in [6, 6.07) is 14.3. The molecule has 190 valence electrons. The molecule has 0 saturated heterocycles. The maximum Gasteiger partial charge on any atom is 0.244 e. The Labute approximate surface area is 209 Å². The minimum atomic E-state index is -3.73. The molecule has 3 rings (SSSR count). The molecule has 0 aromatic heterocycles. The van der Waals surface area contributed by atoms with Crippen LogP contribution in [-0.2, 0) is 26.2 Å². The molecular formula is C27H37N3O4S. The molecule has 7 nitrogen and oxygen atoms in total. The molecule has 35 heavy (non-hydrogen) atoms. The van der Waals surface area contributed by atoms with Gasteiger partial charge in [-0.15, -0.1) is 0 Å². The molecule has 2 amide bonds. The number of aryl methyl sites for hydroxylation is 2. The van der Waals surface area contributed by atoms with E-state index in [9.17, 15) is 18.0 Å². The van der Waals surface area contributed by atoms with Crippen molar-refractivity contribution in [2.24, 2.45) is 0 Å². The van der Waals surface area contributed by atoms with E-state index in [0.29, 0.717) is 12.1 Å². The highest BCUT2D eigenvalue weighted by Crippen LogP contribution is 2.22. The van der Waals surface area contributed by atoms with Gasteiger partial charge in [0.25, 0.3) is 0 Å². The van der Waals surface area contributed by atoms with Crippen LogP contribution in [0.5, 0.6) is 0 Å². The van der Waals surface area contributed by atoms with Crippen molar-refractivity contribution in [1.82, 2.24) is 10.2 Å². The average molecular weight is 500 g/mol. The molecule has 0 aliphatic heterocycles. The molecule has 1 fully saturated rings. The van der Waals surface area contributed by atoms with Gasteiger partial charge >= 0.3 is 0 Å². The van der Waals surface area contributed by atoms with Crippen LogP contribution >= 0.6 is 0 Å². The van der Waals surface area contributed by atoms with Crippen LogP contribution in [0.4, 0.5) is 5.69 Å². The Hall–Kier alpha value is -2.87. The first-order chi connectivity index (χ1) is 16.6. The van der Waals surface area contributed by atoms with E-state index in [-0.39, 0.29) is 25.0 Å². The topological polar surface area (TPSA) is 86.8 Å². The summed E-state index contributed by atoms with van der Waals surface area (Å²) < 4.78 is 26.5. The molecule has 2 aromatic rings. The molecule has 1 aliphatic rings. The fourth-order valence-corrected chi connectivity index (χ4v) is 5.42. The second kappa shape index (κ2) is 11.7. The number of amides is 2. The molecule has 1 aliphatic carbocycles. The molecule has 0 radical (unpaired) electrons. The molecule has 1 N–H and O–H groups in total. The molecule has 0 bridgehead atoms. The summed E-state index contributed by atoms with van der Waals surface area (Å²) in [4.78, 5) is 28.5. The predicted molar refractivity (Wildman–Crippen MR) is 140 cm³/mol. The van der Waals surface area contributed by atoms with Gasteiger partial charge in [0.1, 0.15) is 12.6 Å². The van der Waals surface area contributed by atoms with E-state index in [1.165, 1.54) is 4.90 Å². The van der Waals surface area contributed by atoms with Gasteiger partial charge in [-0.3, -0.25) is 13.9 Å². The summed E-state index contributed by atoms with van der Waals surface area (Å²) in [6.07, 6.45) is 5.60. The minimum Gasteiger partial charge on any atom is -0.352 e. The number of sulfonamides is 1. The summed E-state index contributed by atoms with van der Waals surface area (Å²) in [5, 5.41) is 3.12. The fourth-order valence-electron chi connectivity index (χ4n) is 4.57. The van der Waals surface area contributed by atoms with E-state index in [4.69, 9.17) is 0 Å². The largest absolute Gasteiger partial charge is 0.352 e. The van der Waals surface area contributed by atoms with Crippen molar-refractivity contribution in [3.63, 3.8) is 0 Å². The van der Waals surface area contributed by atoms with Gasteiger partial charge in [-0.1, -0.05) is 61.7 Å². The van der Waals surface area contributed by atoms with Crippen molar-refractivity contribution in [3.05, 3.63) is 65.2 Å². The summed E-state index contributed by atoms with van der Waals surface area (Å²) in [6.45, 7) is 5.59. The number of carbonyl (C=O) groups excluding carboxylic acids is 2. The maximum absolute atomic E-state index is 13.7. The van der Waals surface area contributed by atoms with Gasteiger partial charge in [0.2, 0.25) is 21.8 Å². The quantitative estimate of drug-likeness (QED) is 0.537. The highest BCUT2D eigenvalue weighted by atomic mass is 32.2. The number of hydrogen-bond donors (Lipinski definition) is 1. The Morgan fingerprint density at radius 1 is 1.03 bits per heavy atom. The highest BCUT2D eigenvalue weighted by Gasteiger charge is 2.33. The fraction of sp³-hybridized carbons (Fsp3) is 0.481. The summed E-state index contributed by atoms with van der Waals surface area (Å²) in [7, 11) is -3.73. The van der Waals surface area contributed by atoms with Gasteiger partial charge in [0.05, 0.1) is 11.9 Å². The number of nitrogens with one attached hydrogen (secondary N) is 1. The number of carbonyl (C=O) groups is 2. The van der Waals surface area contributed by atoms with Gasteiger partial charge < -0.3 is 10.2 Å². The third-order valence-corrected chi connectivity index (χ3v) is 7.67. The molecule has 8 heteroatoms. The summed E-state index contributed by atoms with van der Waals surface area (Å²) in [5.74, 6) is -0.591. The Kier molecular flexibility index (Phi) is 8.94. The smallest absolute Gasteiger partial charge is 0.244 e. The van der Waals surface area contributed by atoms with Crippen LogP contribution in [0.2, 0.25) is 0 Å². The average Bonchev–Trinajstić information content (AvgIpc) is 3.30. The van der Waals surface area contributed by atoms with Crippen LogP contribution in [0.25, 0.3) is 0 Å². The van der Waals surface area contributed by atoms with Crippen LogP contribution in [-0.4, -0.2) is 50.0 Å². The zero-order valence-corrected chi connectivity index (χ0v) is 22.0. The Bertz CT molecular complexity index is 1130. The summed E-state index contributed by atoms with van der Waals surface area (Å²) in [5.41, 5.74) is 3.31. The minimum absolute atomic E-state index is 0.132. The van der Waals surface area contributed by atoms with Crippen molar-refractivity contribution in [2.75, 3.05) is 17.1 Å². The SMILES string of the molecule is CC[C@H](C(=O)NC1CCCC1)N(Cc1ccc(C)cc1)C(=O)CN(c1cccc(C)c1)S(C)(=O)=O. The first-order valence-corrected chi connectivity index (χ1v) is 14.1. The number of anilines is 1. The standard InChI is InChI=1S/C27H37N3O4S/c1-5-25(27(32)28-23-10-6-7-11-23)29(18-22-15-13-20(2)14-16-22)26(31)19-30(35(4,33)34)24-12-8-9-21(3)17-24/h8-9,12-17,23,25H,5-7,10-11,18-19H2,1-4H3,(H,28,32)/t25-/m1/s1. The van der Waals surface area contributed by atoms with Crippen molar-refractivity contribution < 1.29 is 18.0 Å². The lowest BCUT2D eigenvalue weighted by Gasteiger charge is -2.33. The molecular weight excluding hydrogens is 462 g/mol. The number of rotatable bonds is 10. The summed E-state index contributed by atoms with van der Waals surface area (Å²) >= 11 is 0. The first-order valence-electron chi connectivity index (χ1n) is 12.3. The molecule has 1 saturated carbocycles. The molecule has 0 heterocycles. The van der Waals surface area contributed by atoms with E-state index in [1.807, 2.05) is 51.1 Å². The zero-order chi connectivity index (χ0) is 25.6. The van der Waals surface area contributed by atoms with Gasteiger partial charge in [0.15, 0.2) is 0 Å². The second-order valence-corrected chi connectivity index (χ2v) is 11.4. The van der Waals surface area contributed by atoms with E-state index in [1.54, 1.807) is 18.2 Å². The van der Waals surface area contributed by atoms with Crippen LogP contribution in [0.1, 0.15) is 55.7 Å². The van der Waals surface area contributed by atoms with E-state index in [2.05, 4.69) is 5.32 Å².